The van der Waals surface area contributed by atoms with Crippen LogP contribution in [0, 0.1) is 0 Å². The van der Waals surface area contributed by atoms with Crippen LogP contribution in [0.3, 0.4) is 0 Å². The second-order valence-corrected chi connectivity index (χ2v) is 6.65. The summed E-state index contributed by atoms with van der Waals surface area (Å²) >= 11 is 1.74. The Morgan fingerprint density at radius 1 is 1.37 bits per heavy atom. The van der Waals surface area contributed by atoms with Crippen LogP contribution in [0.15, 0.2) is 29.9 Å². The lowest BCUT2D eigenvalue weighted by atomic mass is 9.93. The smallest absolute Gasteiger partial charge is 0.0947 e. The van der Waals surface area contributed by atoms with Crippen LogP contribution in [0.5, 0.6) is 0 Å². The van der Waals surface area contributed by atoms with E-state index in [1.807, 2.05) is 19.3 Å². The normalized spacial score (nSPS) is 13.5. The lowest BCUT2D eigenvalue weighted by molar-refractivity contribution is 0.559. The van der Waals surface area contributed by atoms with Crippen molar-refractivity contribution < 1.29 is 0 Å². The first kappa shape index (κ1) is 14.2. The van der Waals surface area contributed by atoms with E-state index in [2.05, 4.69) is 42.5 Å². The summed E-state index contributed by atoms with van der Waals surface area (Å²) in [6, 6.07) is 4.35. The molecule has 1 unspecified atom stereocenters. The fourth-order valence-corrected chi connectivity index (χ4v) is 2.96. The minimum Gasteiger partial charge on any atom is -0.313 e. The van der Waals surface area contributed by atoms with E-state index >= 15 is 0 Å². The SMILES string of the molecule is CNC(Cc1nc(C(C)(C)C)cs1)c1cccnc1. The fourth-order valence-electron chi connectivity index (χ4n) is 1.89. The molecule has 102 valence electrons. The van der Waals surface area contributed by atoms with Crippen LogP contribution >= 0.6 is 11.3 Å². The number of hydrogen-bond donors (Lipinski definition) is 1. The van der Waals surface area contributed by atoms with Crippen molar-refractivity contribution in [3.63, 3.8) is 0 Å². The van der Waals surface area contributed by atoms with Gasteiger partial charge in [0.15, 0.2) is 0 Å². The van der Waals surface area contributed by atoms with Crippen LogP contribution in [0.1, 0.15) is 43.1 Å². The predicted octanol–water partition coefficient (Wildman–Crippen LogP) is 3.34. The summed E-state index contributed by atoms with van der Waals surface area (Å²) < 4.78 is 0. The van der Waals surface area contributed by atoms with Gasteiger partial charge in [0.05, 0.1) is 10.7 Å². The van der Waals surface area contributed by atoms with Crippen molar-refractivity contribution in [3.8, 4) is 0 Å². The molecule has 0 aliphatic heterocycles. The van der Waals surface area contributed by atoms with E-state index in [0.29, 0.717) is 0 Å². The van der Waals surface area contributed by atoms with Gasteiger partial charge in [-0.05, 0) is 18.7 Å². The van der Waals surface area contributed by atoms with Gasteiger partial charge in [0.2, 0.25) is 0 Å². The molecule has 2 rings (SSSR count). The first-order valence-electron chi connectivity index (χ1n) is 6.53. The van der Waals surface area contributed by atoms with Crippen LogP contribution < -0.4 is 5.32 Å². The molecule has 0 aromatic carbocycles. The third-order valence-electron chi connectivity index (χ3n) is 3.13. The van der Waals surface area contributed by atoms with Crippen molar-refractivity contribution >= 4 is 11.3 Å². The van der Waals surface area contributed by atoms with Gasteiger partial charge in [0, 0.05) is 35.7 Å². The van der Waals surface area contributed by atoms with Crippen LogP contribution in [-0.4, -0.2) is 17.0 Å². The van der Waals surface area contributed by atoms with E-state index in [0.717, 1.165) is 6.42 Å². The van der Waals surface area contributed by atoms with Gasteiger partial charge in [0.1, 0.15) is 0 Å². The van der Waals surface area contributed by atoms with Gasteiger partial charge in [-0.15, -0.1) is 11.3 Å². The van der Waals surface area contributed by atoms with E-state index < -0.39 is 0 Å². The van der Waals surface area contributed by atoms with Crippen molar-refractivity contribution in [3.05, 3.63) is 46.2 Å². The molecule has 3 nitrogen and oxygen atoms in total. The van der Waals surface area contributed by atoms with Crippen LogP contribution in [-0.2, 0) is 11.8 Å². The lowest BCUT2D eigenvalue weighted by Gasteiger charge is -2.16. The molecule has 0 saturated carbocycles. The number of nitrogens with zero attached hydrogens (tertiary/aromatic N) is 2. The largest absolute Gasteiger partial charge is 0.313 e. The van der Waals surface area contributed by atoms with E-state index in [9.17, 15) is 0 Å². The molecule has 2 aromatic heterocycles. The zero-order valence-corrected chi connectivity index (χ0v) is 12.8. The van der Waals surface area contributed by atoms with E-state index in [1.165, 1.54) is 16.3 Å². The Morgan fingerprint density at radius 2 is 2.16 bits per heavy atom. The third kappa shape index (κ3) is 3.61. The molecule has 0 amide bonds. The van der Waals surface area contributed by atoms with Crippen LogP contribution in [0.4, 0.5) is 0 Å². The summed E-state index contributed by atoms with van der Waals surface area (Å²) in [6.07, 6.45) is 4.62. The first-order valence-corrected chi connectivity index (χ1v) is 7.40. The maximum absolute atomic E-state index is 4.75. The Kier molecular flexibility index (Phi) is 4.32. The maximum atomic E-state index is 4.75. The predicted molar refractivity (Wildman–Crippen MR) is 80.6 cm³/mol. The number of rotatable bonds is 4. The Bertz CT molecular complexity index is 514. The molecule has 2 heterocycles. The lowest BCUT2D eigenvalue weighted by Crippen LogP contribution is -2.19. The molecule has 0 radical (unpaired) electrons. The van der Waals surface area contributed by atoms with Gasteiger partial charge in [0.25, 0.3) is 0 Å². The molecule has 1 N–H and O–H groups in total. The standard InChI is InChI=1S/C15H21N3S/c1-15(2,3)13-10-19-14(18-13)8-12(16-4)11-6-5-7-17-9-11/h5-7,9-10,12,16H,8H2,1-4H3. The number of pyridine rings is 1. The topological polar surface area (TPSA) is 37.8 Å². The van der Waals surface area contributed by atoms with Crippen molar-refractivity contribution in [2.45, 2.75) is 38.6 Å². The molecular weight excluding hydrogens is 254 g/mol. The zero-order valence-electron chi connectivity index (χ0n) is 12.0. The highest BCUT2D eigenvalue weighted by Crippen LogP contribution is 2.26. The van der Waals surface area contributed by atoms with Crippen molar-refractivity contribution in [1.82, 2.24) is 15.3 Å². The molecule has 0 aliphatic rings. The molecule has 0 bridgehead atoms. The molecule has 0 fully saturated rings. The number of nitrogens with one attached hydrogen (secondary N) is 1. The Morgan fingerprint density at radius 3 is 2.68 bits per heavy atom. The molecule has 0 spiro atoms. The van der Waals surface area contributed by atoms with Gasteiger partial charge in [-0.1, -0.05) is 26.8 Å². The van der Waals surface area contributed by atoms with E-state index in [1.54, 1.807) is 17.5 Å². The number of aromatic nitrogens is 2. The molecule has 2 aromatic rings. The number of hydrogen-bond acceptors (Lipinski definition) is 4. The van der Waals surface area contributed by atoms with Crippen molar-refractivity contribution in [1.29, 1.82) is 0 Å². The third-order valence-corrected chi connectivity index (χ3v) is 4.01. The highest BCUT2D eigenvalue weighted by Gasteiger charge is 2.19. The second kappa shape index (κ2) is 5.80. The summed E-state index contributed by atoms with van der Waals surface area (Å²) in [5, 5.41) is 6.69. The zero-order chi connectivity index (χ0) is 13.9. The van der Waals surface area contributed by atoms with Crippen molar-refractivity contribution in [2.24, 2.45) is 0 Å². The van der Waals surface area contributed by atoms with Gasteiger partial charge < -0.3 is 5.32 Å². The highest BCUT2D eigenvalue weighted by molar-refractivity contribution is 7.09. The molecule has 19 heavy (non-hydrogen) atoms. The summed E-state index contributed by atoms with van der Waals surface area (Å²) in [7, 11) is 1.98. The van der Waals surface area contributed by atoms with Crippen molar-refractivity contribution in [2.75, 3.05) is 7.05 Å². The van der Waals surface area contributed by atoms with Gasteiger partial charge in [-0.2, -0.15) is 0 Å². The molecule has 4 heteroatoms. The quantitative estimate of drug-likeness (QED) is 0.930. The number of likely N-dealkylation sites (N-methyl/N-ethyl adjacent to an activating group) is 1. The highest BCUT2D eigenvalue weighted by atomic mass is 32.1. The maximum Gasteiger partial charge on any atom is 0.0947 e. The van der Waals surface area contributed by atoms with E-state index in [-0.39, 0.29) is 11.5 Å². The Hall–Kier alpha value is -1.26. The minimum absolute atomic E-state index is 0.123. The molecular formula is C15H21N3S. The van der Waals surface area contributed by atoms with Gasteiger partial charge >= 0.3 is 0 Å². The summed E-state index contributed by atoms with van der Waals surface area (Å²) in [5.41, 5.74) is 2.50. The molecule has 0 aliphatic carbocycles. The number of thiazole rings is 1. The summed E-state index contributed by atoms with van der Waals surface area (Å²) in [4.78, 5) is 8.94. The second-order valence-electron chi connectivity index (χ2n) is 5.71. The molecule has 0 saturated heterocycles. The van der Waals surface area contributed by atoms with E-state index in [4.69, 9.17) is 4.98 Å². The van der Waals surface area contributed by atoms with Crippen LogP contribution in [0.25, 0.3) is 0 Å². The average molecular weight is 275 g/mol. The van der Waals surface area contributed by atoms with Crippen LogP contribution in [0.2, 0.25) is 0 Å². The Balaban J connectivity index is 2.13. The van der Waals surface area contributed by atoms with Gasteiger partial charge in [-0.3, -0.25) is 4.98 Å². The fraction of sp³-hybridized carbons (Fsp3) is 0.467. The van der Waals surface area contributed by atoms with Gasteiger partial charge in [-0.25, -0.2) is 4.98 Å². The summed E-state index contributed by atoms with van der Waals surface area (Å²) in [6.45, 7) is 6.59. The monoisotopic (exact) mass is 275 g/mol. The first-order chi connectivity index (χ1) is 9.00. The minimum atomic E-state index is 0.123. The average Bonchev–Trinajstić information content (AvgIpc) is 2.85. The summed E-state index contributed by atoms with van der Waals surface area (Å²) in [5.74, 6) is 0. The Labute approximate surface area is 119 Å². The molecule has 1 atom stereocenters.